The summed E-state index contributed by atoms with van der Waals surface area (Å²) in [7, 11) is 0. The fraction of sp³-hybridized carbons (Fsp3) is 0.800. The number of carbonyl (C=O) groups is 2. The van der Waals surface area contributed by atoms with E-state index in [1.165, 1.54) is 32.1 Å². The molecule has 4 bridgehead atoms. The fourth-order valence-electron chi connectivity index (χ4n) is 7.07. The zero-order valence-electron chi connectivity index (χ0n) is 19.9. The first-order valence-electron chi connectivity index (χ1n) is 12.9. The number of aromatic nitrogens is 2. The smallest absolute Gasteiger partial charge is 0.306 e. The third-order valence-corrected chi connectivity index (χ3v) is 8.47. The van der Waals surface area contributed by atoms with Gasteiger partial charge in [-0.05, 0) is 95.6 Å². The van der Waals surface area contributed by atoms with Crippen LogP contribution in [-0.4, -0.2) is 63.4 Å². The van der Waals surface area contributed by atoms with E-state index >= 15 is 0 Å². The van der Waals surface area contributed by atoms with Crippen molar-refractivity contribution >= 4 is 11.9 Å². The van der Waals surface area contributed by atoms with Crippen molar-refractivity contribution in [3.63, 3.8) is 0 Å². The van der Waals surface area contributed by atoms with Gasteiger partial charge in [-0.1, -0.05) is 0 Å². The highest BCUT2D eigenvalue weighted by Gasteiger charge is 2.48. The lowest BCUT2D eigenvalue weighted by atomic mass is 9.54. The normalized spacial score (nSPS) is 31.8. The zero-order chi connectivity index (χ0) is 23.1. The number of piperidine rings is 1. The van der Waals surface area contributed by atoms with Crippen molar-refractivity contribution in [1.29, 1.82) is 0 Å². The molecular weight excluding hydrogens is 420 g/mol. The summed E-state index contributed by atoms with van der Waals surface area (Å²) in [4.78, 5) is 26.8. The molecular formula is C25H38N4O4. The van der Waals surface area contributed by atoms with Crippen LogP contribution in [0.3, 0.4) is 0 Å². The monoisotopic (exact) mass is 458 g/mol. The molecule has 0 radical (unpaired) electrons. The summed E-state index contributed by atoms with van der Waals surface area (Å²) in [6.45, 7) is 6.86. The van der Waals surface area contributed by atoms with Gasteiger partial charge in [0, 0.05) is 12.6 Å². The Hall–Kier alpha value is -2.09. The summed E-state index contributed by atoms with van der Waals surface area (Å²) in [5.74, 6) is 2.58. The predicted octanol–water partition coefficient (Wildman–Crippen LogP) is 3.02. The van der Waals surface area contributed by atoms with Gasteiger partial charge in [-0.25, -0.2) is 4.68 Å². The van der Waals surface area contributed by atoms with Crippen molar-refractivity contribution < 1.29 is 19.4 Å². The van der Waals surface area contributed by atoms with E-state index in [9.17, 15) is 14.7 Å². The van der Waals surface area contributed by atoms with Gasteiger partial charge in [0.2, 0.25) is 5.88 Å². The number of nitrogens with zero attached hydrogens (tertiary/aromatic N) is 3. The molecule has 4 aliphatic carbocycles. The number of nitrogens with one attached hydrogen (secondary N) is 1. The highest BCUT2D eigenvalue weighted by Crippen LogP contribution is 2.53. The molecule has 1 saturated heterocycles. The van der Waals surface area contributed by atoms with Crippen LogP contribution in [0.5, 0.6) is 5.88 Å². The molecule has 0 unspecified atom stereocenters. The van der Waals surface area contributed by atoms with E-state index < -0.39 is 5.97 Å². The molecule has 2 heterocycles. The maximum atomic E-state index is 13.3. The van der Waals surface area contributed by atoms with Crippen LogP contribution in [0, 0.1) is 29.6 Å². The Morgan fingerprint density at radius 1 is 1.09 bits per heavy atom. The molecule has 4 saturated carbocycles. The number of carboxylic acid groups (broad SMARTS) is 1. The largest absolute Gasteiger partial charge is 0.481 e. The van der Waals surface area contributed by atoms with Gasteiger partial charge in [-0.15, -0.1) is 0 Å². The van der Waals surface area contributed by atoms with Crippen LogP contribution in [0.2, 0.25) is 0 Å². The van der Waals surface area contributed by atoms with E-state index in [2.05, 4.69) is 15.3 Å². The number of aliphatic carboxylic acids is 1. The van der Waals surface area contributed by atoms with Crippen molar-refractivity contribution in [3.05, 3.63) is 11.8 Å². The van der Waals surface area contributed by atoms with Gasteiger partial charge in [0.1, 0.15) is 5.56 Å². The first-order chi connectivity index (χ1) is 15.9. The molecule has 182 valence electrons. The standard InChI is InChI=1S/C25H38N4O4/c1-15(2)33-24-21(14-26-29(24)8-7-28-5-3-18(4-6-28)25(31)32)23(30)27-22-19-10-16-9-17(12-19)13-20(22)11-16/h14-20,22H,3-13H2,1-2H3,(H,27,30)(H,31,32). The van der Waals surface area contributed by atoms with Crippen LogP contribution in [0.4, 0.5) is 0 Å². The van der Waals surface area contributed by atoms with E-state index in [-0.39, 0.29) is 24.0 Å². The molecule has 0 aromatic carbocycles. The van der Waals surface area contributed by atoms with Crippen molar-refractivity contribution in [2.45, 2.75) is 77.5 Å². The number of amides is 1. The van der Waals surface area contributed by atoms with E-state index in [0.717, 1.165) is 31.5 Å². The maximum Gasteiger partial charge on any atom is 0.306 e. The second-order valence-corrected chi connectivity index (χ2v) is 11.1. The summed E-state index contributed by atoms with van der Waals surface area (Å²) >= 11 is 0. The van der Waals surface area contributed by atoms with Crippen LogP contribution in [0.25, 0.3) is 0 Å². The quantitative estimate of drug-likeness (QED) is 0.622. The second-order valence-electron chi connectivity index (χ2n) is 11.1. The minimum absolute atomic E-state index is 0.0560. The lowest BCUT2D eigenvalue weighted by Gasteiger charge is -2.54. The summed E-state index contributed by atoms with van der Waals surface area (Å²) in [5.41, 5.74) is 0.530. The third-order valence-electron chi connectivity index (χ3n) is 8.47. The molecule has 2 N–H and O–H groups in total. The summed E-state index contributed by atoms with van der Waals surface area (Å²) in [5, 5.41) is 17.1. The summed E-state index contributed by atoms with van der Waals surface area (Å²) in [6, 6.07) is 0.288. The molecule has 5 fully saturated rings. The number of hydrogen-bond donors (Lipinski definition) is 2. The Balaban J connectivity index is 1.23. The lowest BCUT2D eigenvalue weighted by molar-refractivity contribution is -0.143. The molecule has 0 atom stereocenters. The van der Waals surface area contributed by atoms with Crippen molar-refractivity contribution in [3.8, 4) is 5.88 Å². The molecule has 5 aliphatic rings. The Labute approximate surface area is 196 Å². The van der Waals surface area contributed by atoms with Gasteiger partial charge < -0.3 is 20.1 Å². The first kappa shape index (κ1) is 22.7. The topological polar surface area (TPSA) is 96.7 Å². The average Bonchev–Trinajstić information content (AvgIpc) is 3.16. The van der Waals surface area contributed by atoms with Gasteiger partial charge in [0.15, 0.2) is 0 Å². The van der Waals surface area contributed by atoms with Crippen LogP contribution >= 0.6 is 0 Å². The fourth-order valence-corrected chi connectivity index (χ4v) is 7.07. The highest BCUT2D eigenvalue weighted by molar-refractivity contribution is 5.96. The Bertz CT molecular complexity index is 846. The van der Waals surface area contributed by atoms with Gasteiger partial charge in [-0.3, -0.25) is 9.59 Å². The molecule has 1 aromatic rings. The summed E-state index contributed by atoms with van der Waals surface area (Å²) in [6.07, 6.45) is 9.44. The van der Waals surface area contributed by atoms with Crippen LogP contribution in [-0.2, 0) is 11.3 Å². The van der Waals surface area contributed by atoms with Crippen molar-refractivity contribution in [2.75, 3.05) is 19.6 Å². The van der Waals surface area contributed by atoms with E-state index in [4.69, 9.17) is 4.74 Å². The van der Waals surface area contributed by atoms with Gasteiger partial charge in [-0.2, -0.15) is 5.10 Å². The molecule has 8 heteroatoms. The van der Waals surface area contributed by atoms with Gasteiger partial charge in [0.25, 0.3) is 5.91 Å². The number of carbonyl (C=O) groups excluding carboxylic acids is 1. The Kier molecular flexibility index (Phi) is 6.38. The van der Waals surface area contributed by atoms with Gasteiger partial charge in [0.05, 0.1) is 24.8 Å². The van der Waals surface area contributed by atoms with Gasteiger partial charge >= 0.3 is 5.97 Å². The highest BCUT2D eigenvalue weighted by atomic mass is 16.5. The minimum atomic E-state index is -0.691. The molecule has 1 aliphatic heterocycles. The molecule has 0 spiro atoms. The number of carboxylic acids is 1. The number of rotatable bonds is 8. The van der Waals surface area contributed by atoms with E-state index in [1.54, 1.807) is 10.9 Å². The zero-order valence-corrected chi connectivity index (χ0v) is 19.9. The van der Waals surface area contributed by atoms with Crippen molar-refractivity contribution in [2.24, 2.45) is 29.6 Å². The number of ether oxygens (including phenoxy) is 1. The summed E-state index contributed by atoms with van der Waals surface area (Å²) < 4.78 is 7.88. The SMILES string of the molecule is CC(C)Oc1c(C(=O)NC2C3CC4CC(C3)CC2C4)cnn1CCN1CCC(C(=O)O)CC1. The second kappa shape index (κ2) is 9.28. The first-order valence-corrected chi connectivity index (χ1v) is 12.9. The third kappa shape index (κ3) is 4.77. The Morgan fingerprint density at radius 2 is 1.73 bits per heavy atom. The lowest BCUT2D eigenvalue weighted by Crippen LogP contribution is -2.55. The minimum Gasteiger partial charge on any atom is -0.481 e. The van der Waals surface area contributed by atoms with E-state index in [1.807, 2.05) is 13.8 Å². The maximum absolute atomic E-state index is 13.3. The molecule has 1 aromatic heterocycles. The number of hydrogen-bond acceptors (Lipinski definition) is 5. The Morgan fingerprint density at radius 3 is 2.30 bits per heavy atom. The van der Waals surface area contributed by atoms with Crippen LogP contribution in [0.15, 0.2) is 6.20 Å². The van der Waals surface area contributed by atoms with Crippen molar-refractivity contribution in [1.82, 2.24) is 20.0 Å². The molecule has 33 heavy (non-hydrogen) atoms. The molecule has 6 rings (SSSR count). The molecule has 8 nitrogen and oxygen atoms in total. The van der Waals surface area contributed by atoms with Crippen LogP contribution in [0.1, 0.15) is 69.2 Å². The predicted molar refractivity (Wildman–Crippen MR) is 123 cm³/mol. The molecule has 1 amide bonds. The van der Waals surface area contributed by atoms with Crippen LogP contribution < -0.4 is 10.1 Å². The average molecular weight is 459 g/mol. The van der Waals surface area contributed by atoms with E-state index in [0.29, 0.717) is 42.7 Å². The number of likely N-dealkylation sites (tertiary alicyclic amines) is 1.